The van der Waals surface area contributed by atoms with Gasteiger partial charge in [0.1, 0.15) is 0 Å². The lowest BCUT2D eigenvalue weighted by molar-refractivity contribution is 0.00578. The third-order valence-corrected chi connectivity index (χ3v) is 6.71. The van der Waals surface area contributed by atoms with Gasteiger partial charge in [0.2, 0.25) is 0 Å². The third kappa shape index (κ3) is 3.47. The van der Waals surface area contributed by atoms with E-state index in [2.05, 4.69) is 27.7 Å². The molecular formula is C22H30BNO3. The number of hydrogen-bond acceptors (Lipinski definition) is 3. The van der Waals surface area contributed by atoms with Crippen molar-refractivity contribution in [2.24, 2.45) is 5.92 Å². The number of hydrogen-bond donors (Lipinski definition) is 0. The molecule has 144 valence electrons. The lowest BCUT2D eigenvalue weighted by atomic mass is 9.78. The van der Waals surface area contributed by atoms with Crippen molar-refractivity contribution in [3.05, 3.63) is 40.8 Å². The molecule has 2 heterocycles. The summed E-state index contributed by atoms with van der Waals surface area (Å²) in [6.45, 7) is 9.06. The van der Waals surface area contributed by atoms with Gasteiger partial charge in [-0.25, -0.2) is 0 Å². The molecule has 0 unspecified atom stereocenters. The fourth-order valence-electron chi connectivity index (χ4n) is 4.22. The molecule has 0 atom stereocenters. The van der Waals surface area contributed by atoms with E-state index >= 15 is 0 Å². The molecule has 0 amide bonds. The molecule has 0 spiro atoms. The summed E-state index contributed by atoms with van der Waals surface area (Å²) in [7, 11) is -0.399. The van der Waals surface area contributed by atoms with E-state index < -0.39 is 7.12 Å². The van der Waals surface area contributed by atoms with Gasteiger partial charge in [0.05, 0.1) is 11.2 Å². The maximum absolute atomic E-state index is 12.9. The largest absolute Gasteiger partial charge is 0.494 e. The van der Waals surface area contributed by atoms with Crippen molar-refractivity contribution < 1.29 is 9.31 Å². The highest BCUT2D eigenvalue weighted by atomic mass is 16.7. The van der Waals surface area contributed by atoms with Gasteiger partial charge in [-0.1, -0.05) is 31.4 Å². The summed E-state index contributed by atoms with van der Waals surface area (Å²) in [4.78, 5) is 12.9. The Bertz CT molecular complexity index is 880. The van der Waals surface area contributed by atoms with E-state index in [-0.39, 0.29) is 16.8 Å². The Labute approximate surface area is 162 Å². The monoisotopic (exact) mass is 367 g/mol. The molecule has 1 saturated heterocycles. The van der Waals surface area contributed by atoms with E-state index in [0.717, 1.165) is 22.8 Å². The normalized spacial score (nSPS) is 22.4. The Morgan fingerprint density at radius 3 is 2.37 bits per heavy atom. The van der Waals surface area contributed by atoms with Crippen molar-refractivity contribution in [1.29, 1.82) is 0 Å². The van der Waals surface area contributed by atoms with Crippen molar-refractivity contribution in [1.82, 2.24) is 4.57 Å². The Kier molecular flexibility index (Phi) is 4.72. The lowest BCUT2D eigenvalue weighted by Crippen LogP contribution is -2.41. The molecule has 1 aromatic heterocycles. The summed E-state index contributed by atoms with van der Waals surface area (Å²) in [6, 6.07) is 7.98. The van der Waals surface area contributed by atoms with Gasteiger partial charge in [0.15, 0.2) is 0 Å². The predicted molar refractivity (Wildman–Crippen MR) is 110 cm³/mol. The van der Waals surface area contributed by atoms with Crippen LogP contribution in [-0.4, -0.2) is 22.9 Å². The average molecular weight is 367 g/mol. The van der Waals surface area contributed by atoms with Crippen LogP contribution in [0.4, 0.5) is 0 Å². The molecule has 4 nitrogen and oxygen atoms in total. The highest BCUT2D eigenvalue weighted by Gasteiger charge is 2.51. The first kappa shape index (κ1) is 18.8. The second kappa shape index (κ2) is 6.79. The molecule has 2 aliphatic rings. The molecule has 0 bridgehead atoms. The summed E-state index contributed by atoms with van der Waals surface area (Å²) in [5.74, 6) is 0.637. The summed E-state index contributed by atoms with van der Waals surface area (Å²) < 4.78 is 14.2. The molecule has 4 rings (SSSR count). The van der Waals surface area contributed by atoms with Crippen LogP contribution in [0.1, 0.15) is 59.8 Å². The van der Waals surface area contributed by atoms with Crippen LogP contribution in [0, 0.1) is 5.92 Å². The van der Waals surface area contributed by atoms with Gasteiger partial charge in [0.25, 0.3) is 5.56 Å². The van der Waals surface area contributed by atoms with Gasteiger partial charge in [-0.05, 0) is 69.4 Å². The molecule has 2 fully saturated rings. The molecule has 1 aliphatic carbocycles. The average Bonchev–Trinajstić information content (AvgIpc) is 2.86. The van der Waals surface area contributed by atoms with Crippen LogP contribution in [0.5, 0.6) is 0 Å². The molecule has 1 aliphatic heterocycles. The van der Waals surface area contributed by atoms with Crippen LogP contribution in [0.25, 0.3) is 10.8 Å². The fourth-order valence-corrected chi connectivity index (χ4v) is 4.22. The summed E-state index contributed by atoms with van der Waals surface area (Å²) in [6.07, 6.45) is 8.36. The van der Waals surface area contributed by atoms with Crippen LogP contribution in [0.15, 0.2) is 35.3 Å². The molecule has 0 radical (unpaired) electrons. The van der Waals surface area contributed by atoms with E-state index in [1.54, 1.807) is 0 Å². The third-order valence-electron chi connectivity index (χ3n) is 6.71. The van der Waals surface area contributed by atoms with Gasteiger partial charge in [-0.2, -0.15) is 0 Å². The van der Waals surface area contributed by atoms with Gasteiger partial charge in [-0.15, -0.1) is 0 Å². The van der Waals surface area contributed by atoms with Crippen molar-refractivity contribution >= 4 is 23.4 Å². The van der Waals surface area contributed by atoms with Gasteiger partial charge >= 0.3 is 7.12 Å². The fraction of sp³-hybridized carbons (Fsp3) is 0.591. The minimum Gasteiger partial charge on any atom is -0.399 e. The smallest absolute Gasteiger partial charge is 0.399 e. The zero-order chi connectivity index (χ0) is 19.2. The SMILES string of the molecule is CC1(C)OB(c2ccc3c(=O)n(CC4CCCCC4)ccc3c2)OC1(C)C. The van der Waals surface area contributed by atoms with E-state index in [1.807, 2.05) is 35.0 Å². The van der Waals surface area contributed by atoms with Crippen molar-refractivity contribution in [3.8, 4) is 0 Å². The molecule has 1 aromatic carbocycles. The number of pyridine rings is 1. The van der Waals surface area contributed by atoms with E-state index in [4.69, 9.17) is 9.31 Å². The van der Waals surface area contributed by atoms with E-state index in [1.165, 1.54) is 32.1 Å². The van der Waals surface area contributed by atoms with E-state index in [0.29, 0.717) is 5.92 Å². The Hall–Kier alpha value is -1.59. The zero-order valence-corrected chi connectivity index (χ0v) is 17.0. The molecule has 0 N–H and O–H groups in total. The minimum atomic E-state index is -0.399. The maximum Gasteiger partial charge on any atom is 0.494 e. The van der Waals surface area contributed by atoms with Crippen LogP contribution in [0.2, 0.25) is 0 Å². The quantitative estimate of drug-likeness (QED) is 0.773. The topological polar surface area (TPSA) is 40.5 Å². The van der Waals surface area contributed by atoms with Gasteiger partial charge in [0, 0.05) is 18.1 Å². The van der Waals surface area contributed by atoms with Crippen molar-refractivity contribution in [3.63, 3.8) is 0 Å². The van der Waals surface area contributed by atoms with Gasteiger partial charge < -0.3 is 13.9 Å². The molecule has 27 heavy (non-hydrogen) atoms. The van der Waals surface area contributed by atoms with Crippen molar-refractivity contribution in [2.45, 2.75) is 77.5 Å². The van der Waals surface area contributed by atoms with Crippen LogP contribution in [0.3, 0.4) is 0 Å². The standard InChI is InChI=1S/C22H30BNO3/c1-21(2)22(3,4)27-23(26-21)18-10-11-19-17(14-18)12-13-24(20(19)25)15-16-8-6-5-7-9-16/h10-14,16H,5-9,15H2,1-4H3. The number of aromatic nitrogens is 1. The van der Waals surface area contributed by atoms with E-state index in [9.17, 15) is 4.79 Å². The first-order valence-corrected chi connectivity index (χ1v) is 10.3. The van der Waals surface area contributed by atoms with Crippen LogP contribution >= 0.6 is 0 Å². The second-order valence-corrected chi connectivity index (χ2v) is 9.21. The Morgan fingerprint density at radius 1 is 1.04 bits per heavy atom. The van der Waals surface area contributed by atoms with Crippen molar-refractivity contribution in [2.75, 3.05) is 0 Å². The first-order chi connectivity index (χ1) is 12.8. The van der Waals surface area contributed by atoms with Gasteiger partial charge in [-0.3, -0.25) is 4.79 Å². The molecule has 2 aromatic rings. The molecule has 1 saturated carbocycles. The molecule has 5 heteroatoms. The predicted octanol–water partition coefficient (Wildman–Crippen LogP) is 3.88. The Balaban J connectivity index is 1.61. The number of benzene rings is 1. The minimum absolute atomic E-state index is 0.110. The van der Waals surface area contributed by atoms with Crippen LogP contribution < -0.4 is 11.0 Å². The van der Waals surface area contributed by atoms with Crippen LogP contribution in [-0.2, 0) is 15.9 Å². The lowest BCUT2D eigenvalue weighted by Gasteiger charge is -2.32. The summed E-state index contributed by atoms with van der Waals surface area (Å²) in [5, 5.41) is 1.72. The highest BCUT2D eigenvalue weighted by Crippen LogP contribution is 2.36. The number of fused-ring (bicyclic) bond motifs is 1. The summed E-state index contributed by atoms with van der Waals surface area (Å²) >= 11 is 0. The second-order valence-electron chi connectivity index (χ2n) is 9.21. The molecular weight excluding hydrogens is 337 g/mol. The summed E-state index contributed by atoms with van der Waals surface area (Å²) in [5.41, 5.74) is 0.343. The number of rotatable bonds is 3. The Morgan fingerprint density at radius 2 is 1.70 bits per heavy atom. The highest BCUT2D eigenvalue weighted by molar-refractivity contribution is 6.62. The number of nitrogens with zero attached hydrogens (tertiary/aromatic N) is 1. The maximum atomic E-state index is 12.9. The first-order valence-electron chi connectivity index (χ1n) is 10.3. The zero-order valence-electron chi connectivity index (χ0n) is 17.0.